The van der Waals surface area contributed by atoms with E-state index in [9.17, 15) is 0 Å². The third-order valence-corrected chi connectivity index (χ3v) is 4.47. The molecular formula is C12H16BrN5S. The lowest BCUT2D eigenvalue weighted by Gasteiger charge is -2.15. The second-order valence-electron chi connectivity index (χ2n) is 4.23. The third-order valence-electron chi connectivity index (χ3n) is 2.80. The van der Waals surface area contributed by atoms with Gasteiger partial charge in [-0.1, -0.05) is 22.9 Å². The van der Waals surface area contributed by atoms with Gasteiger partial charge >= 0.3 is 0 Å². The highest BCUT2D eigenvalue weighted by Crippen LogP contribution is 2.27. The Labute approximate surface area is 125 Å². The zero-order valence-corrected chi connectivity index (χ0v) is 13.2. The molecule has 3 N–H and O–H groups in total. The van der Waals surface area contributed by atoms with Crippen LogP contribution in [0.1, 0.15) is 17.3 Å². The molecule has 0 saturated carbocycles. The predicted octanol–water partition coefficient (Wildman–Crippen LogP) is 2.18. The minimum Gasteiger partial charge on any atom is -0.271 e. The average molecular weight is 342 g/mol. The van der Waals surface area contributed by atoms with Crippen molar-refractivity contribution in [2.75, 3.05) is 5.75 Å². The number of thioether (sulfide) groups is 1. The van der Waals surface area contributed by atoms with E-state index in [1.54, 1.807) is 16.4 Å². The number of aryl methyl sites for hydroxylation is 2. The van der Waals surface area contributed by atoms with Crippen LogP contribution in [-0.4, -0.2) is 20.7 Å². The van der Waals surface area contributed by atoms with E-state index >= 15 is 0 Å². The van der Waals surface area contributed by atoms with Crippen molar-refractivity contribution >= 4 is 27.7 Å². The van der Waals surface area contributed by atoms with Gasteiger partial charge in [-0.25, -0.2) is 4.68 Å². The summed E-state index contributed by atoms with van der Waals surface area (Å²) in [6, 6.07) is 8.43. The number of hydrazine groups is 1. The van der Waals surface area contributed by atoms with Crippen LogP contribution in [0.25, 0.3) is 0 Å². The highest BCUT2D eigenvalue weighted by molar-refractivity contribution is 9.10. The van der Waals surface area contributed by atoms with Crippen molar-refractivity contribution in [3.8, 4) is 0 Å². The van der Waals surface area contributed by atoms with Crippen LogP contribution in [0.2, 0.25) is 0 Å². The van der Waals surface area contributed by atoms with Crippen molar-refractivity contribution in [1.82, 2.24) is 20.4 Å². The molecule has 0 fully saturated rings. The number of aromatic nitrogens is 3. The second-order valence-corrected chi connectivity index (χ2v) is 6.08. The van der Waals surface area contributed by atoms with Crippen molar-refractivity contribution in [2.24, 2.45) is 12.9 Å². The average Bonchev–Trinajstić information content (AvgIpc) is 2.73. The van der Waals surface area contributed by atoms with Gasteiger partial charge in [-0.3, -0.25) is 11.3 Å². The Morgan fingerprint density at radius 2 is 2.11 bits per heavy atom. The van der Waals surface area contributed by atoms with Crippen molar-refractivity contribution in [2.45, 2.75) is 17.9 Å². The zero-order chi connectivity index (χ0) is 13.8. The molecule has 1 unspecified atom stereocenters. The molecule has 7 heteroatoms. The van der Waals surface area contributed by atoms with Crippen LogP contribution in [0.15, 0.2) is 33.8 Å². The molecule has 1 aromatic carbocycles. The molecule has 0 spiro atoms. The predicted molar refractivity (Wildman–Crippen MR) is 80.7 cm³/mol. The zero-order valence-electron chi connectivity index (χ0n) is 10.8. The Balaban J connectivity index is 2.06. The molecule has 1 heterocycles. The van der Waals surface area contributed by atoms with E-state index in [1.807, 2.05) is 7.05 Å². The molecule has 0 aliphatic carbocycles. The molecule has 19 heavy (non-hydrogen) atoms. The summed E-state index contributed by atoms with van der Waals surface area (Å²) in [6.07, 6.45) is 0. The molecular weight excluding hydrogens is 326 g/mol. The van der Waals surface area contributed by atoms with Crippen LogP contribution >= 0.6 is 27.7 Å². The third kappa shape index (κ3) is 3.56. The summed E-state index contributed by atoms with van der Waals surface area (Å²) in [5, 5.41) is 7.94. The maximum atomic E-state index is 5.64. The Kier molecular flexibility index (Phi) is 4.98. The number of hydrogen-bond acceptors (Lipinski definition) is 5. The van der Waals surface area contributed by atoms with Crippen LogP contribution in [0, 0.1) is 6.92 Å². The van der Waals surface area contributed by atoms with Gasteiger partial charge in [0.05, 0.1) is 11.7 Å². The van der Waals surface area contributed by atoms with Crippen LogP contribution in [0.4, 0.5) is 0 Å². The van der Waals surface area contributed by atoms with Crippen molar-refractivity contribution in [1.29, 1.82) is 0 Å². The quantitative estimate of drug-likeness (QED) is 0.495. The normalized spacial score (nSPS) is 12.6. The first-order chi connectivity index (χ1) is 9.11. The van der Waals surface area contributed by atoms with Gasteiger partial charge in [0.25, 0.3) is 0 Å². The summed E-state index contributed by atoms with van der Waals surface area (Å²) in [5.74, 6) is 6.44. The molecule has 1 atom stereocenters. The largest absolute Gasteiger partial charge is 0.271 e. The fraction of sp³-hybridized carbons (Fsp3) is 0.333. The van der Waals surface area contributed by atoms with Crippen molar-refractivity contribution in [3.63, 3.8) is 0 Å². The molecule has 2 aromatic rings. The molecule has 0 aliphatic rings. The lowest BCUT2D eigenvalue weighted by molar-refractivity contribution is 0.550. The molecule has 0 bridgehead atoms. The summed E-state index contributed by atoms with van der Waals surface area (Å²) in [6.45, 7) is 2.08. The second kappa shape index (κ2) is 6.51. The SMILES string of the molecule is Cc1ccc(SCC(NN)c2c(Br)nnn2C)cc1. The molecule has 1 aromatic heterocycles. The van der Waals surface area contributed by atoms with Crippen LogP contribution in [0.5, 0.6) is 0 Å². The number of hydrogen-bond donors (Lipinski definition) is 2. The Bertz CT molecular complexity index is 520. The summed E-state index contributed by atoms with van der Waals surface area (Å²) in [5.41, 5.74) is 5.02. The molecule has 0 saturated heterocycles. The Hall–Kier alpha value is -0.890. The molecule has 5 nitrogen and oxygen atoms in total. The van der Waals surface area contributed by atoms with Crippen molar-refractivity contribution in [3.05, 3.63) is 40.1 Å². The molecule has 0 aliphatic heterocycles. The number of nitrogens with one attached hydrogen (secondary N) is 1. The fourth-order valence-corrected chi connectivity index (χ4v) is 3.27. The number of rotatable bonds is 5. The van der Waals surface area contributed by atoms with Crippen LogP contribution < -0.4 is 11.3 Å². The lowest BCUT2D eigenvalue weighted by atomic mass is 10.2. The first kappa shape index (κ1) is 14.5. The Morgan fingerprint density at radius 1 is 1.42 bits per heavy atom. The van der Waals surface area contributed by atoms with E-state index in [1.165, 1.54) is 10.5 Å². The lowest BCUT2D eigenvalue weighted by Crippen LogP contribution is -2.31. The monoisotopic (exact) mass is 341 g/mol. The minimum absolute atomic E-state index is 0.0133. The topological polar surface area (TPSA) is 68.8 Å². The first-order valence-corrected chi connectivity index (χ1v) is 7.60. The van der Waals surface area contributed by atoms with Gasteiger partial charge in [0.15, 0.2) is 4.60 Å². The van der Waals surface area contributed by atoms with Crippen molar-refractivity contribution < 1.29 is 0 Å². The van der Waals surface area contributed by atoms with Crippen LogP contribution in [0.3, 0.4) is 0 Å². The molecule has 0 amide bonds. The summed E-state index contributed by atoms with van der Waals surface area (Å²) >= 11 is 5.14. The van der Waals surface area contributed by atoms with E-state index in [0.29, 0.717) is 0 Å². The number of halogens is 1. The number of nitrogens with zero attached hydrogens (tertiary/aromatic N) is 3. The number of benzene rings is 1. The summed E-state index contributed by atoms with van der Waals surface area (Å²) in [7, 11) is 1.86. The van der Waals surface area contributed by atoms with E-state index in [0.717, 1.165) is 16.0 Å². The maximum absolute atomic E-state index is 5.64. The van der Waals surface area contributed by atoms with Gasteiger partial charge in [-0.05, 0) is 35.0 Å². The van der Waals surface area contributed by atoms with Gasteiger partial charge in [0, 0.05) is 17.7 Å². The smallest absolute Gasteiger partial charge is 0.153 e. The molecule has 2 rings (SSSR count). The summed E-state index contributed by atoms with van der Waals surface area (Å²) < 4.78 is 2.45. The van der Waals surface area contributed by atoms with Gasteiger partial charge in [-0.15, -0.1) is 16.9 Å². The van der Waals surface area contributed by atoms with Gasteiger partial charge in [0.2, 0.25) is 0 Å². The van der Waals surface area contributed by atoms with E-state index in [2.05, 4.69) is 62.9 Å². The van der Waals surface area contributed by atoms with E-state index in [4.69, 9.17) is 5.84 Å². The fourth-order valence-electron chi connectivity index (χ4n) is 1.73. The maximum Gasteiger partial charge on any atom is 0.153 e. The molecule has 102 valence electrons. The van der Waals surface area contributed by atoms with E-state index in [-0.39, 0.29) is 6.04 Å². The van der Waals surface area contributed by atoms with Gasteiger partial charge in [-0.2, -0.15) is 0 Å². The minimum atomic E-state index is -0.0133. The Morgan fingerprint density at radius 3 is 2.63 bits per heavy atom. The first-order valence-electron chi connectivity index (χ1n) is 5.82. The molecule has 0 radical (unpaired) electrons. The van der Waals surface area contributed by atoms with Gasteiger partial charge in [0.1, 0.15) is 0 Å². The van der Waals surface area contributed by atoms with Gasteiger partial charge < -0.3 is 0 Å². The number of nitrogens with two attached hydrogens (primary N) is 1. The standard InChI is InChI=1S/C12H16BrN5S/c1-8-3-5-9(6-4-8)19-7-10(15-14)11-12(13)16-17-18(11)2/h3-6,10,15H,7,14H2,1-2H3. The highest BCUT2D eigenvalue weighted by Gasteiger charge is 2.19. The van der Waals surface area contributed by atoms with Crippen LogP contribution in [-0.2, 0) is 7.05 Å². The van der Waals surface area contributed by atoms with E-state index < -0.39 is 0 Å². The summed E-state index contributed by atoms with van der Waals surface area (Å²) in [4.78, 5) is 1.22. The highest BCUT2D eigenvalue weighted by atomic mass is 79.9.